The molecule has 0 fully saturated rings. The smallest absolute Gasteiger partial charge is 0.254 e. The Balaban J connectivity index is 2.73. The molecule has 0 aliphatic heterocycles. The zero-order valence-electron chi connectivity index (χ0n) is 13.2. The van der Waals surface area contributed by atoms with Crippen LogP contribution in [0.3, 0.4) is 0 Å². The predicted molar refractivity (Wildman–Crippen MR) is 83.1 cm³/mol. The summed E-state index contributed by atoms with van der Waals surface area (Å²) in [5.74, 6) is -0.901. The van der Waals surface area contributed by atoms with Crippen molar-refractivity contribution in [3.63, 3.8) is 0 Å². The fraction of sp³-hybridized carbons (Fsp3) is 0.600. The van der Waals surface area contributed by atoms with Gasteiger partial charge in [0, 0.05) is 25.3 Å². The van der Waals surface area contributed by atoms with Crippen LogP contribution in [-0.4, -0.2) is 48.0 Å². The van der Waals surface area contributed by atoms with Gasteiger partial charge in [-0.1, -0.05) is 13.8 Å². The van der Waals surface area contributed by atoms with Crippen molar-refractivity contribution in [2.24, 2.45) is 0 Å². The summed E-state index contributed by atoms with van der Waals surface area (Å²) in [7, 11) is 0. The lowest BCUT2D eigenvalue weighted by atomic mass is 10.2. The average Bonchev–Trinajstić information content (AvgIpc) is 2.47. The Morgan fingerprint density at radius 2 is 2.05 bits per heavy atom. The fourth-order valence-corrected chi connectivity index (χ4v) is 2.13. The second-order valence-electron chi connectivity index (χ2n) is 4.91. The minimum Gasteiger partial charge on any atom is -0.368 e. The Bertz CT molecular complexity index is 463. The van der Waals surface area contributed by atoms with E-state index in [-0.39, 0.29) is 17.4 Å². The van der Waals surface area contributed by atoms with Crippen LogP contribution < -0.4 is 10.6 Å². The summed E-state index contributed by atoms with van der Waals surface area (Å²) in [6.45, 7) is 11.0. The predicted octanol–water partition coefficient (Wildman–Crippen LogP) is 2.11. The topological polar surface area (TPSA) is 57.3 Å². The summed E-state index contributed by atoms with van der Waals surface area (Å²) in [6, 6.07) is 1.35. The molecule has 1 aromatic heterocycles. The number of likely N-dealkylation sites (N-methyl/N-ethyl adjacent to an activating group) is 1. The van der Waals surface area contributed by atoms with Crippen LogP contribution in [-0.2, 0) is 0 Å². The number of aromatic nitrogens is 1. The van der Waals surface area contributed by atoms with Crippen molar-refractivity contribution in [2.75, 3.05) is 31.5 Å². The number of rotatable bonds is 8. The largest absolute Gasteiger partial charge is 0.368 e. The van der Waals surface area contributed by atoms with Crippen LogP contribution in [0.2, 0.25) is 0 Å². The van der Waals surface area contributed by atoms with E-state index in [1.54, 1.807) is 0 Å². The molecule has 1 aromatic rings. The number of carbonyl (C=O) groups is 1. The molecule has 2 N–H and O–H groups in total. The molecule has 1 amide bonds. The van der Waals surface area contributed by atoms with Gasteiger partial charge in [0.25, 0.3) is 5.91 Å². The molecule has 5 nitrogen and oxygen atoms in total. The van der Waals surface area contributed by atoms with E-state index in [4.69, 9.17) is 0 Å². The molecule has 1 rings (SSSR count). The molecular formula is C15H25FN4O. The Labute approximate surface area is 125 Å². The van der Waals surface area contributed by atoms with Gasteiger partial charge in [0.1, 0.15) is 0 Å². The lowest BCUT2D eigenvalue weighted by molar-refractivity contribution is 0.0926. The molecule has 6 heteroatoms. The zero-order valence-corrected chi connectivity index (χ0v) is 13.2. The molecule has 0 aliphatic rings. The molecule has 1 heterocycles. The van der Waals surface area contributed by atoms with Gasteiger partial charge in [-0.2, -0.15) is 0 Å². The van der Waals surface area contributed by atoms with E-state index in [2.05, 4.69) is 34.4 Å². The minimum atomic E-state index is -0.605. The number of amides is 1. The van der Waals surface area contributed by atoms with E-state index in [0.717, 1.165) is 19.6 Å². The van der Waals surface area contributed by atoms with Gasteiger partial charge in [-0.05, 0) is 33.0 Å². The van der Waals surface area contributed by atoms with Gasteiger partial charge in [0.15, 0.2) is 11.6 Å². The van der Waals surface area contributed by atoms with Gasteiger partial charge >= 0.3 is 0 Å². The highest BCUT2D eigenvalue weighted by Crippen LogP contribution is 2.14. The van der Waals surface area contributed by atoms with Gasteiger partial charge < -0.3 is 15.5 Å². The standard InChI is InChI=1S/C15H25FN4O/c1-5-17-14-13(16)12(8-9-18-14)15(21)19-11(4)10-20(6-2)7-3/h8-9,11H,5-7,10H2,1-4H3,(H,17,18)(H,19,21). The molecule has 0 radical (unpaired) electrons. The monoisotopic (exact) mass is 296 g/mol. The molecule has 0 spiro atoms. The Hall–Kier alpha value is -1.69. The third-order valence-electron chi connectivity index (χ3n) is 3.28. The van der Waals surface area contributed by atoms with E-state index in [0.29, 0.717) is 6.54 Å². The molecular weight excluding hydrogens is 271 g/mol. The second-order valence-corrected chi connectivity index (χ2v) is 4.91. The highest BCUT2D eigenvalue weighted by atomic mass is 19.1. The van der Waals surface area contributed by atoms with Gasteiger partial charge in [-0.3, -0.25) is 4.79 Å². The van der Waals surface area contributed by atoms with Crippen LogP contribution in [0.1, 0.15) is 38.1 Å². The van der Waals surface area contributed by atoms with E-state index < -0.39 is 11.7 Å². The third-order valence-corrected chi connectivity index (χ3v) is 3.28. The van der Waals surface area contributed by atoms with Crippen molar-refractivity contribution in [1.82, 2.24) is 15.2 Å². The van der Waals surface area contributed by atoms with Crippen LogP contribution in [0.4, 0.5) is 10.2 Å². The average molecular weight is 296 g/mol. The maximum atomic E-state index is 14.2. The van der Waals surface area contributed by atoms with Gasteiger partial charge in [0.05, 0.1) is 5.56 Å². The SMILES string of the molecule is CCNc1nccc(C(=O)NC(C)CN(CC)CC)c1F. The van der Waals surface area contributed by atoms with Crippen molar-refractivity contribution >= 4 is 11.7 Å². The first-order valence-corrected chi connectivity index (χ1v) is 7.44. The Morgan fingerprint density at radius 3 is 2.62 bits per heavy atom. The zero-order chi connectivity index (χ0) is 15.8. The summed E-state index contributed by atoms with van der Waals surface area (Å²) < 4.78 is 14.2. The first-order chi connectivity index (χ1) is 10.0. The number of pyridine rings is 1. The Kier molecular flexibility index (Phi) is 7.08. The lowest BCUT2D eigenvalue weighted by Crippen LogP contribution is -2.42. The number of carbonyl (C=O) groups excluding carboxylic acids is 1. The minimum absolute atomic E-state index is 0.0207. The number of hydrogen-bond acceptors (Lipinski definition) is 4. The molecule has 1 atom stereocenters. The number of halogens is 1. The van der Waals surface area contributed by atoms with Crippen molar-refractivity contribution in [3.8, 4) is 0 Å². The molecule has 21 heavy (non-hydrogen) atoms. The van der Waals surface area contributed by atoms with Gasteiger partial charge in [0.2, 0.25) is 0 Å². The fourth-order valence-electron chi connectivity index (χ4n) is 2.13. The lowest BCUT2D eigenvalue weighted by Gasteiger charge is -2.23. The summed E-state index contributed by atoms with van der Waals surface area (Å²) >= 11 is 0. The van der Waals surface area contributed by atoms with Crippen molar-refractivity contribution in [3.05, 3.63) is 23.6 Å². The van der Waals surface area contributed by atoms with Crippen LogP contribution in [0.5, 0.6) is 0 Å². The van der Waals surface area contributed by atoms with E-state index in [1.807, 2.05) is 13.8 Å². The first kappa shape index (κ1) is 17.4. The van der Waals surface area contributed by atoms with Crippen LogP contribution in [0.15, 0.2) is 12.3 Å². The van der Waals surface area contributed by atoms with E-state index in [1.165, 1.54) is 12.3 Å². The van der Waals surface area contributed by atoms with E-state index >= 15 is 0 Å². The first-order valence-electron chi connectivity index (χ1n) is 7.44. The summed E-state index contributed by atoms with van der Waals surface area (Å²) in [6.07, 6.45) is 1.44. The molecule has 0 bridgehead atoms. The van der Waals surface area contributed by atoms with Crippen molar-refractivity contribution in [2.45, 2.75) is 33.7 Å². The second kappa shape index (κ2) is 8.56. The normalized spacial score (nSPS) is 12.3. The molecule has 118 valence electrons. The van der Waals surface area contributed by atoms with Crippen LogP contribution in [0.25, 0.3) is 0 Å². The third kappa shape index (κ3) is 4.97. The van der Waals surface area contributed by atoms with Crippen molar-refractivity contribution < 1.29 is 9.18 Å². The van der Waals surface area contributed by atoms with E-state index in [9.17, 15) is 9.18 Å². The summed E-state index contributed by atoms with van der Waals surface area (Å²) in [5, 5.41) is 5.63. The molecule has 0 saturated heterocycles. The number of hydrogen-bond donors (Lipinski definition) is 2. The number of nitrogens with zero attached hydrogens (tertiary/aromatic N) is 2. The maximum absolute atomic E-state index is 14.2. The Morgan fingerprint density at radius 1 is 1.38 bits per heavy atom. The maximum Gasteiger partial charge on any atom is 0.254 e. The number of anilines is 1. The highest BCUT2D eigenvalue weighted by Gasteiger charge is 2.18. The molecule has 0 saturated carbocycles. The van der Waals surface area contributed by atoms with Gasteiger partial charge in [-0.15, -0.1) is 0 Å². The van der Waals surface area contributed by atoms with Crippen molar-refractivity contribution in [1.29, 1.82) is 0 Å². The molecule has 0 aromatic carbocycles. The highest BCUT2D eigenvalue weighted by molar-refractivity contribution is 5.95. The van der Waals surface area contributed by atoms with Crippen LogP contribution in [0, 0.1) is 5.82 Å². The summed E-state index contributed by atoms with van der Waals surface area (Å²) in [5.41, 5.74) is 0.0207. The summed E-state index contributed by atoms with van der Waals surface area (Å²) in [4.78, 5) is 18.3. The quantitative estimate of drug-likeness (QED) is 0.771. The van der Waals surface area contributed by atoms with Crippen LogP contribution >= 0.6 is 0 Å². The number of nitrogens with one attached hydrogen (secondary N) is 2. The van der Waals surface area contributed by atoms with Gasteiger partial charge in [-0.25, -0.2) is 9.37 Å². The molecule has 1 unspecified atom stereocenters. The molecule has 0 aliphatic carbocycles.